The van der Waals surface area contributed by atoms with Crippen molar-refractivity contribution < 1.29 is 24.0 Å². The van der Waals surface area contributed by atoms with Crippen LogP contribution in [0.3, 0.4) is 0 Å². The maximum atomic E-state index is 12.9. The molecule has 0 saturated heterocycles. The van der Waals surface area contributed by atoms with Crippen LogP contribution in [0.2, 0.25) is 0 Å². The summed E-state index contributed by atoms with van der Waals surface area (Å²) in [6.07, 6.45) is 0. The highest BCUT2D eigenvalue weighted by atomic mass is 32.1. The minimum absolute atomic E-state index is 0.103. The lowest BCUT2D eigenvalue weighted by Gasteiger charge is -2.18. The monoisotopic (exact) mass is 447 g/mol. The predicted octanol–water partition coefficient (Wildman–Crippen LogP) is 4.18. The van der Waals surface area contributed by atoms with Gasteiger partial charge in [0.25, 0.3) is 17.5 Å². The molecule has 2 aromatic rings. The van der Waals surface area contributed by atoms with Crippen molar-refractivity contribution in [1.82, 2.24) is 4.90 Å². The van der Waals surface area contributed by atoms with Crippen LogP contribution in [0, 0.1) is 24.0 Å². The number of amides is 2. The highest BCUT2D eigenvalue weighted by Gasteiger charge is 2.29. The Labute approximate surface area is 184 Å². The molecule has 2 amide bonds. The summed E-state index contributed by atoms with van der Waals surface area (Å²) in [5.74, 6) is -1.51. The molecule has 0 radical (unpaired) electrons. The number of nitro groups is 1. The van der Waals surface area contributed by atoms with Gasteiger partial charge in [-0.1, -0.05) is 6.07 Å². The van der Waals surface area contributed by atoms with Crippen molar-refractivity contribution in [2.45, 2.75) is 34.6 Å². The Balaban J connectivity index is 2.52. The summed E-state index contributed by atoms with van der Waals surface area (Å²) >= 11 is 0.989. The molecule has 0 aliphatic heterocycles. The van der Waals surface area contributed by atoms with Gasteiger partial charge in [-0.15, -0.1) is 11.3 Å². The largest absolute Gasteiger partial charge is 0.462 e. The number of nitro benzene ring substituents is 1. The number of esters is 1. The molecule has 0 spiro atoms. The summed E-state index contributed by atoms with van der Waals surface area (Å²) in [5.41, 5.74) is 0.658. The number of carbonyl (C=O) groups excluding carboxylic acids is 3. The van der Waals surface area contributed by atoms with Crippen LogP contribution >= 0.6 is 11.3 Å². The average molecular weight is 448 g/mol. The number of benzene rings is 1. The first-order valence-corrected chi connectivity index (χ1v) is 10.6. The van der Waals surface area contributed by atoms with Gasteiger partial charge in [0.1, 0.15) is 5.00 Å². The van der Waals surface area contributed by atoms with Crippen LogP contribution < -0.4 is 5.32 Å². The van der Waals surface area contributed by atoms with Gasteiger partial charge in [0.05, 0.1) is 22.0 Å². The first kappa shape index (κ1) is 24.0. The van der Waals surface area contributed by atoms with Gasteiger partial charge in [-0.05, 0) is 46.2 Å². The lowest BCUT2D eigenvalue weighted by molar-refractivity contribution is -0.385. The summed E-state index contributed by atoms with van der Waals surface area (Å²) in [6.45, 7) is 9.60. The van der Waals surface area contributed by atoms with Gasteiger partial charge in [-0.2, -0.15) is 0 Å². The van der Waals surface area contributed by atoms with Gasteiger partial charge in [0.2, 0.25) is 0 Å². The fraction of sp³-hybridized carbons (Fsp3) is 0.381. The van der Waals surface area contributed by atoms with E-state index in [1.807, 2.05) is 13.8 Å². The lowest BCUT2D eigenvalue weighted by atomic mass is 10.1. The molecule has 166 valence electrons. The standard InChI is InChI=1S/C21H25N3O6S/c1-6-23(7-2)20(26)17-13(5)16(21(27)30-8-3)19(31-17)22-18(25)14-10-9-11-15(12(14)4)24(28)29/h9-11H,6-8H2,1-5H3,(H,22,25). The number of nitrogens with one attached hydrogen (secondary N) is 1. The summed E-state index contributed by atoms with van der Waals surface area (Å²) in [5, 5.41) is 14.0. The molecule has 0 aliphatic carbocycles. The van der Waals surface area contributed by atoms with Crippen molar-refractivity contribution in [2.24, 2.45) is 0 Å². The Hall–Kier alpha value is -3.27. The van der Waals surface area contributed by atoms with Crippen LogP contribution in [0.4, 0.5) is 10.7 Å². The Kier molecular flexibility index (Phi) is 7.87. The van der Waals surface area contributed by atoms with Gasteiger partial charge in [0, 0.05) is 30.3 Å². The lowest BCUT2D eigenvalue weighted by Crippen LogP contribution is -2.30. The van der Waals surface area contributed by atoms with Crippen LogP contribution in [0.5, 0.6) is 0 Å². The smallest absolute Gasteiger partial charge is 0.341 e. The maximum absolute atomic E-state index is 12.9. The third-order valence-electron chi connectivity index (χ3n) is 4.84. The molecule has 0 fully saturated rings. The van der Waals surface area contributed by atoms with Gasteiger partial charge in [0.15, 0.2) is 0 Å². The molecule has 1 N–H and O–H groups in total. The molecule has 10 heteroatoms. The van der Waals surface area contributed by atoms with Crippen molar-refractivity contribution in [2.75, 3.05) is 25.0 Å². The number of thiophene rings is 1. The van der Waals surface area contributed by atoms with Crippen molar-refractivity contribution in [1.29, 1.82) is 0 Å². The second-order valence-electron chi connectivity index (χ2n) is 6.62. The number of carbonyl (C=O) groups is 3. The molecule has 1 heterocycles. The minimum atomic E-state index is -0.652. The Bertz CT molecular complexity index is 1030. The van der Waals surface area contributed by atoms with E-state index in [1.54, 1.807) is 18.7 Å². The predicted molar refractivity (Wildman–Crippen MR) is 118 cm³/mol. The first-order valence-electron chi connectivity index (χ1n) is 9.82. The van der Waals surface area contributed by atoms with Crippen LogP contribution in [-0.2, 0) is 4.74 Å². The Morgan fingerprint density at radius 1 is 1.13 bits per heavy atom. The zero-order valence-corrected chi connectivity index (χ0v) is 18.9. The van der Waals surface area contributed by atoms with Crippen LogP contribution in [0.15, 0.2) is 18.2 Å². The summed E-state index contributed by atoms with van der Waals surface area (Å²) in [6, 6.07) is 4.19. The minimum Gasteiger partial charge on any atom is -0.462 e. The molecule has 0 unspecified atom stereocenters. The van der Waals surface area contributed by atoms with Gasteiger partial charge in [-0.3, -0.25) is 19.7 Å². The number of nitrogens with zero attached hydrogens (tertiary/aromatic N) is 2. The first-order chi connectivity index (χ1) is 14.7. The van der Waals surface area contributed by atoms with Crippen molar-refractivity contribution in [3.8, 4) is 0 Å². The molecule has 0 atom stereocenters. The highest BCUT2D eigenvalue weighted by Crippen LogP contribution is 2.35. The van der Waals surface area contributed by atoms with E-state index in [-0.39, 0.29) is 39.9 Å². The average Bonchev–Trinajstić information content (AvgIpc) is 3.04. The molecule has 0 aliphatic rings. The fourth-order valence-electron chi connectivity index (χ4n) is 3.15. The highest BCUT2D eigenvalue weighted by molar-refractivity contribution is 7.18. The quantitative estimate of drug-likeness (QED) is 0.368. The van der Waals surface area contributed by atoms with Crippen LogP contribution in [0.1, 0.15) is 62.3 Å². The second kappa shape index (κ2) is 10.2. The zero-order chi connectivity index (χ0) is 23.3. The molecule has 9 nitrogen and oxygen atoms in total. The van der Waals surface area contributed by atoms with Crippen molar-refractivity contribution >= 4 is 39.8 Å². The van der Waals surface area contributed by atoms with Crippen molar-refractivity contribution in [3.63, 3.8) is 0 Å². The molecule has 0 saturated carbocycles. The molecular formula is C21H25N3O6S. The van der Waals surface area contributed by atoms with Gasteiger partial charge >= 0.3 is 5.97 Å². The zero-order valence-electron chi connectivity index (χ0n) is 18.1. The summed E-state index contributed by atoms with van der Waals surface area (Å²) in [7, 11) is 0. The molecule has 31 heavy (non-hydrogen) atoms. The number of anilines is 1. The second-order valence-corrected chi connectivity index (χ2v) is 7.64. The van der Waals surface area contributed by atoms with Gasteiger partial charge < -0.3 is 15.0 Å². The molecule has 0 bridgehead atoms. The number of hydrogen-bond donors (Lipinski definition) is 1. The summed E-state index contributed by atoms with van der Waals surface area (Å²) in [4.78, 5) is 51.0. The third kappa shape index (κ3) is 4.91. The summed E-state index contributed by atoms with van der Waals surface area (Å²) < 4.78 is 5.12. The Morgan fingerprint density at radius 3 is 2.32 bits per heavy atom. The number of hydrogen-bond acceptors (Lipinski definition) is 7. The van der Waals surface area contributed by atoms with Crippen LogP contribution in [-0.4, -0.2) is 47.3 Å². The third-order valence-corrected chi connectivity index (χ3v) is 6.04. The number of ether oxygens (including phenoxy) is 1. The Morgan fingerprint density at radius 2 is 1.77 bits per heavy atom. The van der Waals surface area contributed by atoms with Gasteiger partial charge in [-0.25, -0.2) is 4.79 Å². The van der Waals surface area contributed by atoms with E-state index in [0.717, 1.165) is 11.3 Å². The van der Waals surface area contributed by atoms with E-state index in [2.05, 4.69) is 5.32 Å². The van der Waals surface area contributed by atoms with E-state index >= 15 is 0 Å². The van der Waals surface area contributed by atoms with E-state index < -0.39 is 16.8 Å². The van der Waals surface area contributed by atoms with E-state index in [4.69, 9.17) is 4.74 Å². The topological polar surface area (TPSA) is 119 Å². The SMILES string of the molecule is CCOC(=O)c1c(NC(=O)c2cccc([N+](=O)[O-])c2C)sc(C(=O)N(CC)CC)c1C. The van der Waals surface area contributed by atoms with Crippen molar-refractivity contribution in [3.05, 3.63) is 55.4 Å². The maximum Gasteiger partial charge on any atom is 0.341 e. The van der Waals surface area contributed by atoms with Crippen LogP contribution in [0.25, 0.3) is 0 Å². The molecule has 2 rings (SSSR count). The number of rotatable bonds is 8. The normalized spacial score (nSPS) is 10.5. The molecule has 1 aromatic carbocycles. The van der Waals surface area contributed by atoms with E-state index in [0.29, 0.717) is 23.5 Å². The molecular weight excluding hydrogens is 422 g/mol. The molecule has 1 aromatic heterocycles. The fourth-order valence-corrected chi connectivity index (χ4v) is 4.30. The van der Waals surface area contributed by atoms with E-state index in [9.17, 15) is 24.5 Å². The van der Waals surface area contributed by atoms with E-state index in [1.165, 1.54) is 25.1 Å².